The molecule has 1 N–H and O–H groups in total. The van der Waals surface area contributed by atoms with Crippen molar-refractivity contribution in [3.8, 4) is 11.8 Å². The lowest BCUT2D eigenvalue weighted by atomic mass is 10.3. The van der Waals surface area contributed by atoms with Crippen LogP contribution in [0, 0.1) is 0 Å². The highest BCUT2D eigenvalue weighted by atomic mass is 19.4. The van der Waals surface area contributed by atoms with Crippen molar-refractivity contribution in [1.82, 2.24) is 9.88 Å². The van der Waals surface area contributed by atoms with Crippen molar-refractivity contribution in [2.24, 2.45) is 0 Å². The largest absolute Gasteiger partial charge is 0.477 e. The molecule has 0 aromatic carbocycles. The van der Waals surface area contributed by atoms with Crippen molar-refractivity contribution < 1.29 is 37.3 Å². The maximum Gasteiger partial charge on any atom is 0.422 e. The van der Waals surface area contributed by atoms with E-state index in [0.29, 0.717) is 13.0 Å². The lowest BCUT2D eigenvalue weighted by Gasteiger charge is -2.16. The number of pyridine rings is 1. The van der Waals surface area contributed by atoms with E-state index in [0.717, 1.165) is 18.6 Å². The van der Waals surface area contributed by atoms with Crippen molar-refractivity contribution in [3.63, 3.8) is 0 Å². The van der Waals surface area contributed by atoms with Crippen LogP contribution in [0.2, 0.25) is 0 Å². The summed E-state index contributed by atoms with van der Waals surface area (Å²) >= 11 is 0. The quantitative estimate of drug-likeness (QED) is 0.807. The molecule has 1 aliphatic heterocycles. The molecule has 1 saturated heterocycles. The number of alkyl halides is 3. The molecule has 0 atom stereocenters. The number of hydrogen-bond acceptors (Lipinski definition) is 5. The van der Waals surface area contributed by atoms with Crippen LogP contribution in [0.3, 0.4) is 0 Å². The Hall–Kier alpha value is -2.52. The first-order valence-corrected chi connectivity index (χ1v) is 7.11. The van der Waals surface area contributed by atoms with Gasteiger partial charge in [-0.3, -0.25) is 4.79 Å². The summed E-state index contributed by atoms with van der Waals surface area (Å²) in [5.41, 5.74) is -0.304. The molecule has 24 heavy (non-hydrogen) atoms. The second-order valence-corrected chi connectivity index (χ2v) is 5.04. The summed E-state index contributed by atoms with van der Waals surface area (Å²) in [4.78, 5) is 27.8. The van der Waals surface area contributed by atoms with E-state index < -0.39 is 24.6 Å². The van der Waals surface area contributed by atoms with Gasteiger partial charge in [0.25, 0.3) is 0 Å². The fraction of sp³-hybridized carbons (Fsp3) is 0.500. The van der Waals surface area contributed by atoms with E-state index in [-0.39, 0.29) is 30.5 Å². The van der Waals surface area contributed by atoms with E-state index in [2.05, 4.69) is 9.72 Å². The number of aromatic nitrogens is 1. The molecule has 1 aliphatic rings. The second kappa shape index (κ2) is 7.37. The number of nitrogens with zero attached hydrogens (tertiary/aromatic N) is 2. The lowest BCUT2D eigenvalue weighted by Crippen LogP contribution is -2.29. The topological polar surface area (TPSA) is 89.0 Å². The third kappa shape index (κ3) is 5.00. The Bertz CT molecular complexity index is 621. The van der Waals surface area contributed by atoms with Gasteiger partial charge in [0.1, 0.15) is 12.2 Å². The van der Waals surface area contributed by atoms with Crippen molar-refractivity contribution in [3.05, 3.63) is 17.7 Å². The van der Waals surface area contributed by atoms with E-state index in [9.17, 15) is 22.8 Å². The minimum absolute atomic E-state index is 0.0210. The van der Waals surface area contributed by atoms with Gasteiger partial charge in [0.2, 0.25) is 17.7 Å². The molecule has 1 fully saturated rings. The van der Waals surface area contributed by atoms with Crippen LogP contribution in [-0.2, 0) is 4.79 Å². The maximum absolute atomic E-state index is 12.1. The van der Waals surface area contributed by atoms with Crippen LogP contribution in [0.1, 0.15) is 23.2 Å². The zero-order chi connectivity index (χ0) is 17.7. The number of carbonyl (C=O) groups excluding carboxylic acids is 1. The number of aromatic carboxylic acids is 1. The van der Waals surface area contributed by atoms with E-state index in [1.54, 1.807) is 4.90 Å². The number of likely N-dealkylation sites (tertiary alicyclic amines) is 1. The van der Waals surface area contributed by atoms with E-state index in [1.165, 1.54) is 0 Å². The van der Waals surface area contributed by atoms with Crippen molar-refractivity contribution >= 4 is 11.9 Å². The van der Waals surface area contributed by atoms with Gasteiger partial charge in [-0.05, 0) is 12.5 Å². The molecule has 2 rings (SSSR count). The van der Waals surface area contributed by atoms with Gasteiger partial charge in [-0.1, -0.05) is 0 Å². The number of carboxylic acids is 1. The van der Waals surface area contributed by atoms with E-state index >= 15 is 0 Å². The zero-order valence-corrected chi connectivity index (χ0v) is 12.5. The third-order valence-electron chi connectivity index (χ3n) is 3.22. The van der Waals surface area contributed by atoms with Gasteiger partial charge in [-0.25, -0.2) is 4.79 Å². The number of amides is 1. The summed E-state index contributed by atoms with van der Waals surface area (Å²) in [7, 11) is 0. The predicted molar refractivity (Wildman–Crippen MR) is 74.1 cm³/mol. The average Bonchev–Trinajstić information content (AvgIpc) is 2.90. The molecule has 2 heterocycles. The fourth-order valence-electron chi connectivity index (χ4n) is 2.13. The average molecular weight is 348 g/mol. The van der Waals surface area contributed by atoms with Gasteiger partial charge in [-0.15, -0.1) is 0 Å². The molecule has 132 valence electrons. The number of halogens is 3. The molecule has 1 aromatic rings. The SMILES string of the molecule is O=C(O)c1ccc(OCC(F)(F)F)nc1OCCN1CCCC1=O. The number of ether oxygens (including phenoxy) is 2. The zero-order valence-electron chi connectivity index (χ0n) is 12.5. The summed E-state index contributed by atoms with van der Waals surface area (Å²) in [5.74, 6) is -2.11. The molecule has 0 saturated carbocycles. The highest BCUT2D eigenvalue weighted by Crippen LogP contribution is 2.23. The van der Waals surface area contributed by atoms with Crippen molar-refractivity contribution in [1.29, 1.82) is 0 Å². The summed E-state index contributed by atoms with van der Waals surface area (Å²) in [6.07, 6.45) is -3.33. The number of carbonyl (C=O) groups is 2. The van der Waals surface area contributed by atoms with Gasteiger partial charge in [0.05, 0.1) is 6.54 Å². The molecule has 7 nitrogen and oxygen atoms in total. The number of carboxylic acid groups (broad SMARTS) is 1. The first-order chi connectivity index (χ1) is 11.3. The van der Waals surface area contributed by atoms with Crippen LogP contribution in [0.4, 0.5) is 13.2 Å². The molecule has 0 radical (unpaired) electrons. The molecule has 1 aromatic heterocycles. The Morgan fingerprint density at radius 1 is 1.33 bits per heavy atom. The van der Waals surface area contributed by atoms with Crippen LogP contribution in [0.15, 0.2) is 12.1 Å². The summed E-state index contributed by atoms with van der Waals surface area (Å²) in [5, 5.41) is 9.06. The normalized spacial score (nSPS) is 14.8. The molecule has 1 amide bonds. The lowest BCUT2D eigenvalue weighted by molar-refractivity contribution is -0.154. The van der Waals surface area contributed by atoms with Gasteiger partial charge in [0, 0.05) is 19.0 Å². The number of rotatable bonds is 7. The summed E-state index contributed by atoms with van der Waals surface area (Å²) in [6.45, 7) is -0.737. The Labute approximate surface area is 135 Å². The Kier molecular flexibility index (Phi) is 5.47. The number of hydrogen-bond donors (Lipinski definition) is 1. The first-order valence-electron chi connectivity index (χ1n) is 7.11. The Morgan fingerprint density at radius 2 is 2.08 bits per heavy atom. The van der Waals surface area contributed by atoms with Crippen LogP contribution in [0.5, 0.6) is 11.8 Å². The molecule has 0 unspecified atom stereocenters. The summed E-state index contributed by atoms with van der Waals surface area (Å²) in [6, 6.07) is 2.07. The molecular weight excluding hydrogens is 333 g/mol. The second-order valence-electron chi connectivity index (χ2n) is 5.04. The van der Waals surface area contributed by atoms with Crippen molar-refractivity contribution in [2.45, 2.75) is 19.0 Å². The Balaban J connectivity index is 2.01. The molecular formula is C14H15F3N2O5. The minimum atomic E-state index is -4.54. The van der Waals surface area contributed by atoms with Gasteiger partial charge < -0.3 is 19.5 Å². The third-order valence-corrected chi connectivity index (χ3v) is 3.22. The molecule has 0 bridgehead atoms. The minimum Gasteiger partial charge on any atom is -0.477 e. The van der Waals surface area contributed by atoms with Crippen molar-refractivity contribution in [2.75, 3.05) is 26.3 Å². The van der Waals surface area contributed by atoms with Crippen LogP contribution in [0.25, 0.3) is 0 Å². The first kappa shape index (κ1) is 17.8. The van der Waals surface area contributed by atoms with E-state index in [4.69, 9.17) is 9.84 Å². The smallest absolute Gasteiger partial charge is 0.422 e. The maximum atomic E-state index is 12.1. The van der Waals surface area contributed by atoms with Gasteiger partial charge in [-0.2, -0.15) is 18.2 Å². The molecule has 10 heteroatoms. The molecule has 0 spiro atoms. The highest BCUT2D eigenvalue weighted by molar-refractivity contribution is 5.90. The highest BCUT2D eigenvalue weighted by Gasteiger charge is 2.29. The standard InChI is InChI=1S/C14H15F3N2O5/c15-14(16,17)8-24-10-4-3-9(13(21)22)12(18-10)23-7-6-19-5-1-2-11(19)20/h3-4H,1-2,5-8H2,(H,21,22). The molecule has 0 aliphatic carbocycles. The van der Waals surface area contributed by atoms with Crippen LogP contribution in [-0.4, -0.2) is 59.3 Å². The fourth-order valence-corrected chi connectivity index (χ4v) is 2.13. The van der Waals surface area contributed by atoms with Crippen LogP contribution >= 0.6 is 0 Å². The van der Waals surface area contributed by atoms with Crippen LogP contribution < -0.4 is 9.47 Å². The monoisotopic (exact) mass is 348 g/mol. The van der Waals surface area contributed by atoms with Gasteiger partial charge in [0.15, 0.2) is 6.61 Å². The summed E-state index contributed by atoms with van der Waals surface area (Å²) < 4.78 is 46.1. The van der Waals surface area contributed by atoms with E-state index in [1.807, 2.05) is 0 Å². The predicted octanol–water partition coefficient (Wildman–Crippen LogP) is 1.72. The van der Waals surface area contributed by atoms with Gasteiger partial charge >= 0.3 is 12.1 Å². The Morgan fingerprint density at radius 3 is 2.67 bits per heavy atom.